The molecule has 1 aliphatic carbocycles. The van der Waals surface area contributed by atoms with Gasteiger partial charge in [-0.3, -0.25) is 4.79 Å². The van der Waals surface area contributed by atoms with Gasteiger partial charge in [-0.05, 0) is 56.3 Å². The number of rotatable bonds is 3. The Hall–Kier alpha value is -1.06. The Morgan fingerprint density at radius 1 is 1.33 bits per heavy atom. The zero-order valence-corrected chi connectivity index (χ0v) is 13.1. The van der Waals surface area contributed by atoms with Crippen LogP contribution in [-0.4, -0.2) is 25.5 Å². The summed E-state index contributed by atoms with van der Waals surface area (Å²) in [6.45, 7) is 3.14. The highest BCUT2D eigenvalue weighted by atomic mass is 35.5. The van der Waals surface area contributed by atoms with E-state index < -0.39 is 0 Å². The summed E-state index contributed by atoms with van der Waals surface area (Å²) >= 11 is 0. The minimum Gasteiger partial charge on any atom is -0.316 e. The standard InChI is InChI=1S/C17H22N2O.ClH/c20-16(6-5-13-7-10-18-11-13)19-12-17(8-9-17)14-3-1-2-4-15(14)19;/h1-4,13,18H,5-12H2;1H. The molecule has 4 rings (SSSR count). The van der Waals surface area contributed by atoms with Crippen LogP contribution >= 0.6 is 12.4 Å². The van der Waals surface area contributed by atoms with Crippen LogP contribution in [0.15, 0.2) is 24.3 Å². The van der Waals surface area contributed by atoms with Gasteiger partial charge in [0.15, 0.2) is 0 Å². The van der Waals surface area contributed by atoms with E-state index in [2.05, 4.69) is 34.5 Å². The molecule has 1 spiro atoms. The second kappa shape index (κ2) is 5.62. The summed E-state index contributed by atoms with van der Waals surface area (Å²) in [6.07, 6.45) is 5.47. The maximum absolute atomic E-state index is 12.6. The number of carbonyl (C=O) groups excluding carboxylic acids is 1. The fourth-order valence-electron chi connectivity index (χ4n) is 3.85. The number of anilines is 1. The van der Waals surface area contributed by atoms with E-state index in [-0.39, 0.29) is 12.4 Å². The van der Waals surface area contributed by atoms with Gasteiger partial charge in [-0.1, -0.05) is 18.2 Å². The van der Waals surface area contributed by atoms with E-state index in [9.17, 15) is 4.79 Å². The van der Waals surface area contributed by atoms with Crippen LogP contribution < -0.4 is 10.2 Å². The van der Waals surface area contributed by atoms with Gasteiger partial charge in [-0.25, -0.2) is 0 Å². The normalized spacial score (nSPS) is 24.8. The van der Waals surface area contributed by atoms with Gasteiger partial charge >= 0.3 is 0 Å². The first-order valence-electron chi connectivity index (χ1n) is 7.89. The first-order chi connectivity index (χ1) is 9.78. The van der Waals surface area contributed by atoms with E-state index in [4.69, 9.17) is 0 Å². The van der Waals surface area contributed by atoms with Gasteiger partial charge in [-0.15, -0.1) is 12.4 Å². The molecule has 3 nitrogen and oxygen atoms in total. The molecule has 1 N–H and O–H groups in total. The van der Waals surface area contributed by atoms with E-state index >= 15 is 0 Å². The van der Waals surface area contributed by atoms with Gasteiger partial charge in [0.25, 0.3) is 0 Å². The van der Waals surface area contributed by atoms with Crippen LogP contribution in [0.4, 0.5) is 5.69 Å². The highest BCUT2D eigenvalue weighted by Gasteiger charge is 2.52. The average Bonchev–Trinajstić information content (AvgIpc) is 2.94. The largest absolute Gasteiger partial charge is 0.316 e. The van der Waals surface area contributed by atoms with Gasteiger partial charge in [0.1, 0.15) is 0 Å². The fraction of sp³-hybridized carbons (Fsp3) is 0.588. The van der Waals surface area contributed by atoms with E-state index in [1.54, 1.807) is 0 Å². The first kappa shape index (κ1) is 14.9. The lowest BCUT2D eigenvalue weighted by Gasteiger charge is -2.19. The third-order valence-corrected chi connectivity index (χ3v) is 5.31. The number of nitrogens with zero attached hydrogens (tertiary/aromatic N) is 1. The predicted octanol–water partition coefficient (Wildman–Crippen LogP) is 2.88. The topological polar surface area (TPSA) is 32.3 Å². The van der Waals surface area contributed by atoms with Crippen molar-refractivity contribution in [1.29, 1.82) is 0 Å². The molecule has 21 heavy (non-hydrogen) atoms. The monoisotopic (exact) mass is 306 g/mol. The quantitative estimate of drug-likeness (QED) is 0.931. The lowest BCUT2D eigenvalue weighted by molar-refractivity contribution is -0.118. The second-order valence-electron chi connectivity index (χ2n) is 6.67. The summed E-state index contributed by atoms with van der Waals surface area (Å²) in [4.78, 5) is 14.6. The molecule has 1 unspecified atom stereocenters. The maximum atomic E-state index is 12.6. The van der Waals surface area contributed by atoms with Gasteiger partial charge in [0.2, 0.25) is 5.91 Å². The van der Waals surface area contributed by atoms with Crippen molar-refractivity contribution in [2.24, 2.45) is 5.92 Å². The minimum atomic E-state index is 0. The fourth-order valence-corrected chi connectivity index (χ4v) is 3.85. The van der Waals surface area contributed by atoms with Crippen LogP contribution in [-0.2, 0) is 10.2 Å². The Bertz CT molecular complexity index is 535. The van der Waals surface area contributed by atoms with Gasteiger partial charge in [0, 0.05) is 24.1 Å². The number of halogens is 1. The molecule has 1 saturated carbocycles. The second-order valence-corrected chi connectivity index (χ2v) is 6.67. The van der Waals surface area contributed by atoms with Gasteiger partial charge in [0.05, 0.1) is 0 Å². The molecule has 1 aromatic carbocycles. The number of hydrogen-bond donors (Lipinski definition) is 1. The number of para-hydroxylation sites is 1. The molecule has 0 radical (unpaired) electrons. The van der Waals surface area contributed by atoms with Crippen molar-refractivity contribution >= 4 is 24.0 Å². The number of amides is 1. The van der Waals surface area contributed by atoms with Crippen LogP contribution in [0.3, 0.4) is 0 Å². The third-order valence-electron chi connectivity index (χ3n) is 5.31. The molecule has 4 heteroatoms. The molecule has 3 aliphatic rings. The summed E-state index contributed by atoms with van der Waals surface area (Å²) in [5, 5.41) is 3.38. The molecule has 1 aromatic rings. The van der Waals surface area contributed by atoms with Gasteiger partial charge < -0.3 is 10.2 Å². The Labute approximate surface area is 132 Å². The van der Waals surface area contributed by atoms with E-state index in [0.717, 1.165) is 26.1 Å². The van der Waals surface area contributed by atoms with Gasteiger partial charge in [-0.2, -0.15) is 0 Å². The smallest absolute Gasteiger partial charge is 0.227 e. The van der Waals surface area contributed by atoms with E-state index in [1.807, 2.05) is 0 Å². The summed E-state index contributed by atoms with van der Waals surface area (Å²) in [6, 6.07) is 8.51. The van der Waals surface area contributed by atoms with Crippen molar-refractivity contribution < 1.29 is 4.79 Å². The number of fused-ring (bicyclic) bond motifs is 2. The van der Waals surface area contributed by atoms with Crippen LogP contribution in [0, 0.1) is 5.92 Å². The minimum absolute atomic E-state index is 0. The van der Waals surface area contributed by atoms with Crippen molar-refractivity contribution in [2.75, 3.05) is 24.5 Å². The Morgan fingerprint density at radius 2 is 2.14 bits per heavy atom. The summed E-state index contributed by atoms with van der Waals surface area (Å²) in [5.41, 5.74) is 2.91. The summed E-state index contributed by atoms with van der Waals surface area (Å²) in [7, 11) is 0. The highest BCUT2D eigenvalue weighted by Crippen LogP contribution is 2.56. The molecule has 1 saturated heterocycles. The molecule has 2 aliphatic heterocycles. The van der Waals surface area contributed by atoms with E-state index in [0.29, 0.717) is 23.7 Å². The zero-order valence-electron chi connectivity index (χ0n) is 12.3. The summed E-state index contributed by atoms with van der Waals surface area (Å²) in [5.74, 6) is 1.03. The summed E-state index contributed by atoms with van der Waals surface area (Å²) < 4.78 is 0. The molecule has 0 aromatic heterocycles. The molecule has 2 fully saturated rings. The molecule has 114 valence electrons. The molecule has 0 bridgehead atoms. The highest BCUT2D eigenvalue weighted by molar-refractivity contribution is 5.96. The van der Waals surface area contributed by atoms with Crippen molar-refractivity contribution in [3.8, 4) is 0 Å². The van der Waals surface area contributed by atoms with Crippen molar-refractivity contribution in [2.45, 2.75) is 37.5 Å². The van der Waals surface area contributed by atoms with Crippen LogP contribution in [0.5, 0.6) is 0 Å². The number of benzene rings is 1. The van der Waals surface area contributed by atoms with Crippen molar-refractivity contribution in [1.82, 2.24) is 5.32 Å². The molecule has 1 amide bonds. The third kappa shape index (κ3) is 2.58. The number of nitrogens with one attached hydrogen (secondary N) is 1. The number of hydrogen-bond acceptors (Lipinski definition) is 2. The van der Waals surface area contributed by atoms with Crippen LogP contribution in [0.25, 0.3) is 0 Å². The average molecular weight is 307 g/mol. The molecular formula is C17H23ClN2O. The lowest BCUT2D eigenvalue weighted by Crippen LogP contribution is -2.31. The Kier molecular flexibility index (Phi) is 3.98. The number of carbonyl (C=O) groups is 1. The van der Waals surface area contributed by atoms with Crippen molar-refractivity contribution in [3.63, 3.8) is 0 Å². The van der Waals surface area contributed by atoms with Crippen LogP contribution in [0.2, 0.25) is 0 Å². The molecule has 2 heterocycles. The first-order valence-corrected chi connectivity index (χ1v) is 7.89. The Morgan fingerprint density at radius 3 is 2.86 bits per heavy atom. The zero-order chi connectivity index (χ0) is 13.6. The van der Waals surface area contributed by atoms with E-state index in [1.165, 1.54) is 30.5 Å². The Balaban J connectivity index is 0.00000132. The lowest BCUT2D eigenvalue weighted by atomic mass is 9.99. The molecule has 1 atom stereocenters. The van der Waals surface area contributed by atoms with Crippen LogP contribution in [0.1, 0.15) is 37.7 Å². The maximum Gasteiger partial charge on any atom is 0.227 e. The predicted molar refractivity (Wildman–Crippen MR) is 87.2 cm³/mol. The SMILES string of the molecule is Cl.O=C(CCC1CCNC1)N1CC2(CC2)c2ccccc21. The molecular weight excluding hydrogens is 284 g/mol. The van der Waals surface area contributed by atoms with Crippen molar-refractivity contribution in [3.05, 3.63) is 29.8 Å².